The smallest absolute Gasteiger partial charge is 0.262 e. The van der Waals surface area contributed by atoms with Gasteiger partial charge in [-0.3, -0.25) is 29.4 Å². The third kappa shape index (κ3) is 3.58. The number of hydrogen-bond donors (Lipinski definition) is 3. The van der Waals surface area contributed by atoms with Crippen LogP contribution in [0, 0.1) is 5.41 Å². The Kier molecular flexibility index (Phi) is 5.00. The fourth-order valence-electron chi connectivity index (χ4n) is 4.36. The molecule has 8 heteroatoms. The maximum atomic E-state index is 12.9. The summed E-state index contributed by atoms with van der Waals surface area (Å²) >= 11 is 0. The first-order valence-electron chi connectivity index (χ1n) is 10.1. The molecule has 4 rings (SSSR count). The Morgan fingerprint density at radius 3 is 2.59 bits per heavy atom. The molecule has 2 fully saturated rings. The summed E-state index contributed by atoms with van der Waals surface area (Å²) in [5, 5.41) is 9.14. The van der Waals surface area contributed by atoms with Gasteiger partial charge in [-0.25, -0.2) is 0 Å². The Labute approximate surface area is 169 Å². The van der Waals surface area contributed by atoms with Gasteiger partial charge in [0.1, 0.15) is 6.04 Å². The van der Waals surface area contributed by atoms with Gasteiger partial charge in [0, 0.05) is 25.6 Å². The molecule has 3 aliphatic rings. The van der Waals surface area contributed by atoms with Crippen LogP contribution in [0.25, 0.3) is 0 Å². The van der Waals surface area contributed by atoms with Crippen LogP contribution in [0.1, 0.15) is 59.4 Å². The maximum absolute atomic E-state index is 12.9. The van der Waals surface area contributed by atoms with E-state index in [1.165, 1.54) is 0 Å². The Morgan fingerprint density at radius 1 is 1.14 bits per heavy atom. The number of amides is 4. The lowest BCUT2D eigenvalue weighted by molar-refractivity contribution is -0.136. The average Bonchev–Trinajstić information content (AvgIpc) is 3.12. The monoisotopic (exact) mass is 398 g/mol. The van der Waals surface area contributed by atoms with Crippen LogP contribution in [0.4, 0.5) is 0 Å². The van der Waals surface area contributed by atoms with Crippen molar-refractivity contribution in [2.24, 2.45) is 5.41 Å². The second-order valence-corrected chi connectivity index (χ2v) is 8.70. The first kappa shape index (κ1) is 19.7. The molecule has 0 radical (unpaired) electrons. The van der Waals surface area contributed by atoms with Crippen LogP contribution in [-0.2, 0) is 16.1 Å². The number of nitrogens with zero attached hydrogens (tertiary/aromatic N) is 1. The van der Waals surface area contributed by atoms with Gasteiger partial charge in [-0.1, -0.05) is 19.9 Å². The molecule has 0 aromatic heterocycles. The summed E-state index contributed by atoms with van der Waals surface area (Å²) in [6.45, 7) is 6.93. The molecule has 0 saturated carbocycles. The van der Waals surface area contributed by atoms with Gasteiger partial charge >= 0.3 is 0 Å². The van der Waals surface area contributed by atoms with Crippen molar-refractivity contribution in [2.75, 3.05) is 13.1 Å². The molecule has 3 N–H and O–H groups in total. The van der Waals surface area contributed by atoms with Crippen LogP contribution >= 0.6 is 0 Å². The van der Waals surface area contributed by atoms with Gasteiger partial charge in [0.15, 0.2) is 0 Å². The van der Waals surface area contributed by atoms with Crippen molar-refractivity contribution in [1.29, 1.82) is 0 Å². The summed E-state index contributed by atoms with van der Waals surface area (Å²) in [4.78, 5) is 50.1. The Bertz CT molecular complexity index is 895. The van der Waals surface area contributed by atoms with Crippen molar-refractivity contribution < 1.29 is 19.2 Å². The van der Waals surface area contributed by atoms with E-state index in [0.29, 0.717) is 23.7 Å². The van der Waals surface area contributed by atoms with Crippen molar-refractivity contribution >= 4 is 23.6 Å². The summed E-state index contributed by atoms with van der Waals surface area (Å²) < 4.78 is 0. The molecular formula is C21H26N4O4. The van der Waals surface area contributed by atoms with Crippen LogP contribution in [0.15, 0.2) is 18.2 Å². The highest BCUT2D eigenvalue weighted by atomic mass is 16.2. The highest BCUT2D eigenvalue weighted by molar-refractivity contribution is 6.23. The minimum absolute atomic E-state index is 0.116. The summed E-state index contributed by atoms with van der Waals surface area (Å²) in [5.41, 5.74) is 1.78. The molecule has 4 amide bonds. The number of rotatable bonds is 5. The molecule has 2 atom stereocenters. The third-order valence-corrected chi connectivity index (χ3v) is 6.29. The van der Waals surface area contributed by atoms with Crippen molar-refractivity contribution in [3.05, 3.63) is 34.9 Å². The first-order chi connectivity index (χ1) is 13.8. The SMILES string of the molecule is CC1(C)CCNC1CNCc1ccc2c(c1)C(=O)N(C1CCC(=O)NC1=O)C2=O. The molecule has 8 nitrogen and oxygen atoms in total. The second-order valence-electron chi connectivity index (χ2n) is 8.70. The number of imide groups is 2. The lowest BCUT2D eigenvalue weighted by Crippen LogP contribution is -2.54. The summed E-state index contributed by atoms with van der Waals surface area (Å²) in [5.74, 6) is -1.92. The molecular weight excluding hydrogens is 372 g/mol. The summed E-state index contributed by atoms with van der Waals surface area (Å²) in [7, 11) is 0. The van der Waals surface area contributed by atoms with E-state index in [-0.39, 0.29) is 24.2 Å². The maximum Gasteiger partial charge on any atom is 0.262 e. The van der Waals surface area contributed by atoms with E-state index in [0.717, 1.165) is 30.0 Å². The number of nitrogens with one attached hydrogen (secondary N) is 3. The number of carbonyl (C=O) groups is 4. The number of fused-ring (bicyclic) bond motifs is 1. The van der Waals surface area contributed by atoms with E-state index in [4.69, 9.17) is 0 Å². The van der Waals surface area contributed by atoms with Gasteiger partial charge in [0.2, 0.25) is 11.8 Å². The van der Waals surface area contributed by atoms with Crippen LogP contribution in [0.3, 0.4) is 0 Å². The Morgan fingerprint density at radius 2 is 1.90 bits per heavy atom. The third-order valence-electron chi connectivity index (χ3n) is 6.29. The predicted molar refractivity (Wildman–Crippen MR) is 105 cm³/mol. The van der Waals surface area contributed by atoms with Crippen molar-refractivity contribution in [2.45, 2.75) is 51.7 Å². The number of benzene rings is 1. The normalized spacial score (nSPS) is 26.1. The van der Waals surface area contributed by atoms with E-state index in [2.05, 4.69) is 29.8 Å². The minimum atomic E-state index is -0.933. The molecule has 1 aromatic carbocycles. The summed E-state index contributed by atoms with van der Waals surface area (Å²) in [6.07, 6.45) is 1.42. The molecule has 2 unspecified atom stereocenters. The quantitative estimate of drug-likeness (QED) is 0.626. The number of carbonyl (C=O) groups excluding carboxylic acids is 4. The van der Waals surface area contributed by atoms with Gasteiger partial charge < -0.3 is 10.6 Å². The van der Waals surface area contributed by atoms with Gasteiger partial charge in [-0.2, -0.15) is 0 Å². The Hall–Kier alpha value is -2.58. The van der Waals surface area contributed by atoms with Gasteiger partial charge in [-0.15, -0.1) is 0 Å². The fourth-order valence-corrected chi connectivity index (χ4v) is 4.36. The average molecular weight is 398 g/mol. The van der Waals surface area contributed by atoms with Gasteiger partial charge in [0.05, 0.1) is 11.1 Å². The molecule has 3 aliphatic heterocycles. The van der Waals surface area contributed by atoms with Crippen molar-refractivity contribution in [3.63, 3.8) is 0 Å². The Balaban J connectivity index is 1.44. The van der Waals surface area contributed by atoms with E-state index in [1.807, 2.05) is 6.07 Å². The van der Waals surface area contributed by atoms with E-state index in [1.54, 1.807) is 12.1 Å². The second kappa shape index (κ2) is 7.35. The van der Waals surface area contributed by atoms with Crippen LogP contribution in [0.2, 0.25) is 0 Å². The molecule has 154 valence electrons. The molecule has 1 aromatic rings. The van der Waals surface area contributed by atoms with Crippen LogP contribution < -0.4 is 16.0 Å². The zero-order valence-electron chi connectivity index (χ0n) is 16.7. The lowest BCUT2D eigenvalue weighted by atomic mass is 9.85. The van der Waals surface area contributed by atoms with Gasteiger partial charge in [-0.05, 0) is 42.5 Å². The zero-order chi connectivity index (χ0) is 20.8. The first-order valence-corrected chi connectivity index (χ1v) is 10.1. The molecule has 3 heterocycles. The lowest BCUT2D eigenvalue weighted by Gasteiger charge is -2.27. The number of piperidine rings is 1. The summed E-state index contributed by atoms with van der Waals surface area (Å²) in [6, 6.07) is 4.66. The topological polar surface area (TPSA) is 108 Å². The molecule has 29 heavy (non-hydrogen) atoms. The van der Waals surface area contributed by atoms with E-state index >= 15 is 0 Å². The minimum Gasteiger partial charge on any atom is -0.312 e. The largest absolute Gasteiger partial charge is 0.312 e. The highest BCUT2D eigenvalue weighted by Gasteiger charge is 2.44. The van der Waals surface area contributed by atoms with Crippen LogP contribution in [0.5, 0.6) is 0 Å². The van der Waals surface area contributed by atoms with Gasteiger partial charge in [0.25, 0.3) is 11.8 Å². The van der Waals surface area contributed by atoms with E-state index < -0.39 is 23.8 Å². The van der Waals surface area contributed by atoms with Crippen molar-refractivity contribution in [3.8, 4) is 0 Å². The van der Waals surface area contributed by atoms with Crippen molar-refractivity contribution in [1.82, 2.24) is 20.9 Å². The standard InChI is InChI=1S/C21H26N4O4/c1-21(2)7-8-23-16(21)11-22-10-12-3-4-13-14(9-12)20(29)25(19(13)28)15-5-6-17(26)24-18(15)27/h3-4,9,15-16,22-23H,5-8,10-11H2,1-2H3,(H,24,26,27). The molecule has 2 saturated heterocycles. The predicted octanol–water partition coefficient (Wildman–Crippen LogP) is 0.566. The number of hydrogen-bond acceptors (Lipinski definition) is 6. The van der Waals surface area contributed by atoms with E-state index in [9.17, 15) is 19.2 Å². The van der Waals surface area contributed by atoms with Crippen LogP contribution in [-0.4, -0.2) is 53.7 Å². The fraction of sp³-hybridized carbons (Fsp3) is 0.524. The zero-order valence-corrected chi connectivity index (χ0v) is 16.7. The molecule has 0 bridgehead atoms. The molecule has 0 aliphatic carbocycles. The molecule has 0 spiro atoms. The highest BCUT2D eigenvalue weighted by Crippen LogP contribution is 2.30.